The number of aromatic nitrogens is 3. The number of hydrogen-bond donors (Lipinski definition) is 3. The van der Waals surface area contributed by atoms with Crippen molar-refractivity contribution >= 4 is 23.5 Å². The molecule has 1 aromatic heterocycles. The predicted octanol–water partition coefficient (Wildman–Crippen LogP) is 2.88. The number of H-pyrrole nitrogens is 1. The van der Waals surface area contributed by atoms with Crippen molar-refractivity contribution in [2.75, 3.05) is 5.73 Å². The van der Waals surface area contributed by atoms with Crippen LogP contribution in [0.5, 0.6) is 0 Å². The van der Waals surface area contributed by atoms with Crippen molar-refractivity contribution in [2.24, 2.45) is 0 Å². The summed E-state index contributed by atoms with van der Waals surface area (Å²) in [6.45, 7) is 0.250. The summed E-state index contributed by atoms with van der Waals surface area (Å²) in [7, 11) is 0. The Kier molecular flexibility index (Phi) is 5.30. The fourth-order valence-corrected chi connectivity index (χ4v) is 2.86. The number of carbonyl (C=O) groups is 1. The van der Waals surface area contributed by atoms with E-state index in [1.165, 1.54) is 0 Å². The van der Waals surface area contributed by atoms with Gasteiger partial charge in [0.25, 0.3) is 0 Å². The number of nitrogens with one attached hydrogen (secondary N) is 2. The maximum Gasteiger partial charge on any atom is 0.239 e. The molecule has 128 valence electrons. The molecule has 4 N–H and O–H groups in total. The summed E-state index contributed by atoms with van der Waals surface area (Å²) >= 11 is 6.12. The number of rotatable bonds is 6. The number of carbonyl (C=O) groups excluding carboxylic acids is 1. The molecule has 25 heavy (non-hydrogen) atoms. The summed E-state index contributed by atoms with van der Waals surface area (Å²) in [6, 6.07) is 17.5. The smallest absolute Gasteiger partial charge is 0.239 e. The number of nitrogen functional groups attached to an aromatic ring is 1. The van der Waals surface area contributed by atoms with Crippen LogP contribution in [0.15, 0.2) is 54.6 Å². The lowest BCUT2D eigenvalue weighted by Crippen LogP contribution is -2.25. The van der Waals surface area contributed by atoms with E-state index in [2.05, 4.69) is 20.5 Å². The molecule has 2 aromatic carbocycles. The first-order valence-corrected chi connectivity index (χ1v) is 8.23. The molecule has 6 nitrogen and oxygen atoms in total. The molecule has 1 amide bonds. The Morgan fingerprint density at radius 2 is 1.92 bits per heavy atom. The molecule has 0 bridgehead atoms. The van der Waals surface area contributed by atoms with Crippen LogP contribution in [0.4, 0.5) is 5.95 Å². The highest BCUT2D eigenvalue weighted by molar-refractivity contribution is 6.30. The Hall–Kier alpha value is -2.86. The largest absolute Gasteiger partial charge is 0.367 e. The van der Waals surface area contributed by atoms with Crippen LogP contribution in [0.25, 0.3) is 0 Å². The molecule has 0 radical (unpaired) electrons. The minimum Gasteiger partial charge on any atom is -0.367 e. The number of aromatic amines is 1. The van der Waals surface area contributed by atoms with Crippen molar-refractivity contribution in [3.63, 3.8) is 0 Å². The van der Waals surface area contributed by atoms with Crippen molar-refractivity contribution < 1.29 is 4.79 Å². The van der Waals surface area contributed by atoms with Crippen molar-refractivity contribution in [1.29, 1.82) is 0 Å². The summed E-state index contributed by atoms with van der Waals surface area (Å²) in [5.41, 5.74) is 7.51. The molecule has 0 fully saturated rings. The maximum atomic E-state index is 12.4. The third-order valence-electron chi connectivity index (χ3n) is 3.84. The molecule has 3 aromatic rings. The molecule has 0 spiro atoms. The minimum absolute atomic E-state index is 0.0836. The second-order valence-electron chi connectivity index (χ2n) is 5.64. The lowest BCUT2D eigenvalue weighted by molar-refractivity contribution is -0.121. The van der Waals surface area contributed by atoms with Crippen LogP contribution >= 0.6 is 11.6 Å². The Labute approximate surface area is 150 Å². The first kappa shape index (κ1) is 17.0. The molecule has 0 aliphatic rings. The van der Waals surface area contributed by atoms with Crippen LogP contribution in [0, 0.1) is 0 Å². The van der Waals surface area contributed by atoms with E-state index in [9.17, 15) is 4.79 Å². The lowest BCUT2D eigenvalue weighted by atomic mass is 9.88. The van der Waals surface area contributed by atoms with Crippen LogP contribution < -0.4 is 11.1 Å². The molecule has 0 saturated heterocycles. The zero-order valence-corrected chi connectivity index (χ0v) is 14.2. The van der Waals surface area contributed by atoms with Crippen LogP contribution in [0.1, 0.15) is 29.3 Å². The van der Waals surface area contributed by atoms with Gasteiger partial charge in [-0.3, -0.25) is 9.89 Å². The fourth-order valence-electron chi connectivity index (χ4n) is 2.67. The van der Waals surface area contributed by atoms with Crippen molar-refractivity contribution in [1.82, 2.24) is 20.5 Å². The van der Waals surface area contributed by atoms with Crippen LogP contribution in [0.3, 0.4) is 0 Å². The average molecular weight is 356 g/mol. The Balaban J connectivity index is 1.74. The number of nitrogens with two attached hydrogens (primary N) is 1. The number of hydrogen-bond acceptors (Lipinski definition) is 4. The Bertz CT molecular complexity index is 849. The van der Waals surface area contributed by atoms with Crippen LogP contribution in [-0.4, -0.2) is 21.1 Å². The summed E-state index contributed by atoms with van der Waals surface area (Å²) in [4.78, 5) is 16.4. The number of anilines is 1. The van der Waals surface area contributed by atoms with E-state index in [0.717, 1.165) is 11.1 Å². The summed E-state index contributed by atoms with van der Waals surface area (Å²) in [5, 5.41) is 9.89. The quantitative estimate of drug-likeness (QED) is 0.633. The third-order valence-corrected chi connectivity index (χ3v) is 4.08. The standard InChI is InChI=1S/C18H18ClN5O/c19-14-8-4-7-13(9-14)15(12-5-2-1-3-6-12)10-17(25)21-11-16-22-18(20)24-23-16/h1-9,15H,10-11H2,(H,21,25)(H3,20,22,23,24)/t15-/m1/s1. The summed E-state index contributed by atoms with van der Waals surface area (Å²) in [6.07, 6.45) is 0.300. The number of nitrogens with zero attached hydrogens (tertiary/aromatic N) is 2. The summed E-state index contributed by atoms with van der Waals surface area (Å²) in [5.74, 6) is 0.499. The zero-order valence-electron chi connectivity index (χ0n) is 13.4. The van der Waals surface area contributed by atoms with Crippen molar-refractivity contribution in [3.8, 4) is 0 Å². The molecule has 0 aliphatic heterocycles. The van der Waals surface area contributed by atoms with E-state index in [-0.39, 0.29) is 24.3 Å². The van der Waals surface area contributed by atoms with Crippen LogP contribution in [0.2, 0.25) is 5.02 Å². The van der Waals surface area contributed by atoms with Gasteiger partial charge in [-0.15, -0.1) is 5.10 Å². The van der Waals surface area contributed by atoms with Gasteiger partial charge in [-0.2, -0.15) is 4.98 Å². The molecule has 1 atom stereocenters. The molecule has 7 heteroatoms. The minimum atomic E-state index is -0.0937. The highest BCUT2D eigenvalue weighted by Crippen LogP contribution is 2.29. The van der Waals surface area contributed by atoms with E-state index in [1.54, 1.807) is 0 Å². The van der Waals surface area contributed by atoms with Gasteiger partial charge in [-0.1, -0.05) is 54.1 Å². The van der Waals surface area contributed by atoms with Gasteiger partial charge < -0.3 is 11.1 Å². The molecule has 3 rings (SSSR count). The molecular weight excluding hydrogens is 338 g/mol. The lowest BCUT2D eigenvalue weighted by Gasteiger charge is -2.18. The average Bonchev–Trinajstić information content (AvgIpc) is 3.04. The highest BCUT2D eigenvalue weighted by Gasteiger charge is 2.18. The fraction of sp³-hybridized carbons (Fsp3) is 0.167. The van der Waals surface area contributed by atoms with Crippen molar-refractivity contribution in [2.45, 2.75) is 18.9 Å². The SMILES string of the molecule is Nc1n[nH]c(CNC(=O)C[C@H](c2ccccc2)c2cccc(Cl)c2)n1. The Morgan fingerprint density at radius 1 is 1.16 bits per heavy atom. The molecular formula is C18H18ClN5O. The molecule has 1 heterocycles. The monoisotopic (exact) mass is 355 g/mol. The van der Waals surface area contributed by atoms with E-state index in [4.69, 9.17) is 17.3 Å². The predicted molar refractivity (Wildman–Crippen MR) is 97.0 cm³/mol. The highest BCUT2D eigenvalue weighted by atomic mass is 35.5. The molecule has 0 aliphatic carbocycles. The first-order valence-electron chi connectivity index (χ1n) is 7.85. The van der Waals surface area contributed by atoms with Gasteiger partial charge in [0, 0.05) is 17.4 Å². The van der Waals surface area contributed by atoms with Gasteiger partial charge in [0.2, 0.25) is 11.9 Å². The zero-order chi connectivity index (χ0) is 17.6. The number of benzene rings is 2. The van der Waals surface area contributed by atoms with Gasteiger partial charge in [-0.05, 0) is 23.3 Å². The molecule has 0 unspecified atom stereocenters. The normalized spacial score (nSPS) is 11.9. The number of amides is 1. The number of halogens is 1. The van der Waals surface area contributed by atoms with Gasteiger partial charge in [0.15, 0.2) is 0 Å². The van der Waals surface area contributed by atoms with Gasteiger partial charge in [-0.25, -0.2) is 0 Å². The van der Waals surface area contributed by atoms with Gasteiger partial charge >= 0.3 is 0 Å². The van der Waals surface area contributed by atoms with E-state index in [0.29, 0.717) is 17.3 Å². The second-order valence-corrected chi connectivity index (χ2v) is 6.08. The van der Waals surface area contributed by atoms with Gasteiger partial charge in [0.1, 0.15) is 5.82 Å². The second kappa shape index (κ2) is 7.81. The van der Waals surface area contributed by atoms with Crippen LogP contribution in [-0.2, 0) is 11.3 Å². The van der Waals surface area contributed by atoms with E-state index in [1.807, 2.05) is 54.6 Å². The maximum absolute atomic E-state index is 12.4. The first-order chi connectivity index (χ1) is 12.1. The Morgan fingerprint density at radius 3 is 2.60 bits per heavy atom. The van der Waals surface area contributed by atoms with Crippen molar-refractivity contribution in [3.05, 3.63) is 76.6 Å². The van der Waals surface area contributed by atoms with Gasteiger partial charge in [0.05, 0.1) is 6.54 Å². The summed E-state index contributed by atoms with van der Waals surface area (Å²) < 4.78 is 0. The topological polar surface area (TPSA) is 96.7 Å². The third kappa shape index (κ3) is 4.58. The molecule has 0 saturated carbocycles. The van der Waals surface area contributed by atoms with E-state index < -0.39 is 0 Å². The van der Waals surface area contributed by atoms with E-state index >= 15 is 0 Å².